The molecule has 23 heavy (non-hydrogen) atoms. The number of hydrogen-bond acceptors (Lipinski definition) is 5. The Labute approximate surface area is 135 Å². The molecule has 0 radical (unpaired) electrons. The van der Waals surface area contributed by atoms with Gasteiger partial charge in [-0.1, -0.05) is 12.1 Å². The molecule has 1 saturated heterocycles. The molecule has 0 aliphatic carbocycles. The van der Waals surface area contributed by atoms with Crippen LogP contribution in [0.15, 0.2) is 30.6 Å². The van der Waals surface area contributed by atoms with Gasteiger partial charge in [-0.25, -0.2) is 4.68 Å². The van der Waals surface area contributed by atoms with Gasteiger partial charge in [-0.05, 0) is 53.8 Å². The van der Waals surface area contributed by atoms with Crippen LogP contribution < -0.4 is 5.73 Å². The highest BCUT2D eigenvalue weighted by atomic mass is 16.2. The molecule has 2 heterocycles. The van der Waals surface area contributed by atoms with E-state index in [2.05, 4.69) is 15.5 Å². The topological polar surface area (TPSA) is 89.9 Å². The zero-order chi connectivity index (χ0) is 16.2. The van der Waals surface area contributed by atoms with Crippen molar-refractivity contribution in [3.8, 4) is 5.69 Å². The van der Waals surface area contributed by atoms with Gasteiger partial charge in [0, 0.05) is 19.1 Å². The van der Waals surface area contributed by atoms with Gasteiger partial charge in [-0.15, -0.1) is 5.10 Å². The lowest BCUT2D eigenvalue weighted by molar-refractivity contribution is -0.131. The highest BCUT2D eigenvalue weighted by Gasteiger charge is 2.24. The molecule has 2 aromatic rings. The molecule has 0 spiro atoms. The Morgan fingerprint density at radius 2 is 2.00 bits per heavy atom. The fourth-order valence-electron chi connectivity index (χ4n) is 3.01. The van der Waals surface area contributed by atoms with Gasteiger partial charge >= 0.3 is 0 Å². The van der Waals surface area contributed by atoms with E-state index in [4.69, 9.17) is 5.73 Å². The molecular weight excluding hydrogens is 292 g/mol. The van der Waals surface area contributed by atoms with Crippen LogP contribution in [0.5, 0.6) is 0 Å². The number of carbonyl (C=O) groups is 1. The van der Waals surface area contributed by atoms with Gasteiger partial charge < -0.3 is 10.6 Å². The van der Waals surface area contributed by atoms with Gasteiger partial charge in [-0.2, -0.15) is 0 Å². The van der Waals surface area contributed by atoms with E-state index in [0.717, 1.165) is 37.2 Å². The van der Waals surface area contributed by atoms with Crippen molar-refractivity contribution in [3.63, 3.8) is 0 Å². The van der Waals surface area contributed by atoms with Crippen molar-refractivity contribution >= 4 is 5.91 Å². The summed E-state index contributed by atoms with van der Waals surface area (Å²) in [4.78, 5) is 14.4. The van der Waals surface area contributed by atoms with E-state index in [1.165, 1.54) is 0 Å². The van der Waals surface area contributed by atoms with Crippen LogP contribution in [0, 0.1) is 5.92 Å². The minimum absolute atomic E-state index is 0.184. The van der Waals surface area contributed by atoms with Crippen molar-refractivity contribution in [2.45, 2.75) is 32.2 Å². The Morgan fingerprint density at radius 1 is 1.30 bits per heavy atom. The van der Waals surface area contributed by atoms with Crippen LogP contribution in [0.4, 0.5) is 0 Å². The maximum Gasteiger partial charge on any atom is 0.226 e. The first-order valence-corrected chi connectivity index (χ1v) is 7.99. The zero-order valence-corrected chi connectivity index (χ0v) is 13.3. The number of nitrogens with two attached hydrogens (primary N) is 1. The number of likely N-dealkylation sites (tertiary alicyclic amines) is 1. The zero-order valence-electron chi connectivity index (χ0n) is 13.3. The number of tetrazole rings is 1. The number of carbonyl (C=O) groups excluding carboxylic acids is 1. The fourth-order valence-corrected chi connectivity index (χ4v) is 3.01. The quantitative estimate of drug-likeness (QED) is 0.901. The summed E-state index contributed by atoms with van der Waals surface area (Å²) in [5, 5.41) is 11.1. The second-order valence-corrected chi connectivity index (χ2v) is 6.17. The first kappa shape index (κ1) is 15.6. The van der Waals surface area contributed by atoms with Crippen LogP contribution in [0.2, 0.25) is 0 Å². The van der Waals surface area contributed by atoms with Crippen LogP contribution in [-0.4, -0.2) is 50.1 Å². The summed E-state index contributed by atoms with van der Waals surface area (Å²) in [5.41, 5.74) is 7.83. The molecule has 1 aromatic carbocycles. The van der Waals surface area contributed by atoms with E-state index in [-0.39, 0.29) is 11.9 Å². The summed E-state index contributed by atoms with van der Waals surface area (Å²) in [6, 6.07) is 7.95. The second-order valence-electron chi connectivity index (χ2n) is 6.17. The molecular formula is C16H22N6O. The number of nitrogens with zero attached hydrogens (tertiary/aromatic N) is 5. The molecule has 2 N–H and O–H groups in total. The van der Waals surface area contributed by atoms with E-state index < -0.39 is 0 Å². The number of hydrogen-bond donors (Lipinski definition) is 1. The summed E-state index contributed by atoms with van der Waals surface area (Å²) in [6.07, 6.45) is 3.98. The smallest absolute Gasteiger partial charge is 0.226 e. The van der Waals surface area contributed by atoms with Crippen LogP contribution >= 0.6 is 0 Å². The van der Waals surface area contributed by atoms with Crippen molar-refractivity contribution in [1.29, 1.82) is 0 Å². The minimum atomic E-state index is 0.184. The standard InChI is InChI=1S/C16H22N6O/c1-12(17)14-6-8-21(9-7-14)16(23)10-13-2-4-15(5-3-13)22-11-18-19-20-22/h2-5,11-12,14H,6-10,17H2,1H3. The molecule has 1 atom stereocenters. The van der Waals surface area contributed by atoms with E-state index in [9.17, 15) is 4.79 Å². The van der Waals surface area contributed by atoms with Crippen LogP contribution in [0.25, 0.3) is 5.69 Å². The van der Waals surface area contributed by atoms with E-state index in [1.54, 1.807) is 11.0 Å². The summed E-state index contributed by atoms with van der Waals surface area (Å²) < 4.78 is 1.59. The van der Waals surface area contributed by atoms with Gasteiger partial charge in [-0.3, -0.25) is 4.79 Å². The maximum atomic E-state index is 12.4. The first-order chi connectivity index (χ1) is 11.1. The highest BCUT2D eigenvalue weighted by Crippen LogP contribution is 2.20. The summed E-state index contributed by atoms with van der Waals surface area (Å²) in [7, 11) is 0. The number of rotatable bonds is 4. The van der Waals surface area contributed by atoms with Gasteiger partial charge in [0.1, 0.15) is 6.33 Å². The van der Waals surface area contributed by atoms with E-state index in [0.29, 0.717) is 12.3 Å². The van der Waals surface area contributed by atoms with E-state index in [1.807, 2.05) is 36.1 Å². The Balaban J connectivity index is 1.56. The molecule has 7 heteroatoms. The Kier molecular flexibility index (Phi) is 4.66. The van der Waals surface area contributed by atoms with Crippen molar-refractivity contribution in [1.82, 2.24) is 25.1 Å². The predicted octanol–water partition coefficient (Wildman–Crippen LogP) is 0.791. The lowest BCUT2D eigenvalue weighted by atomic mass is 9.91. The predicted molar refractivity (Wildman–Crippen MR) is 85.8 cm³/mol. The molecule has 0 bridgehead atoms. The van der Waals surface area contributed by atoms with Crippen LogP contribution in [-0.2, 0) is 11.2 Å². The molecule has 1 aromatic heterocycles. The third kappa shape index (κ3) is 3.73. The average Bonchev–Trinajstić information content (AvgIpc) is 3.10. The molecule has 7 nitrogen and oxygen atoms in total. The van der Waals surface area contributed by atoms with Crippen molar-refractivity contribution in [2.75, 3.05) is 13.1 Å². The maximum absolute atomic E-state index is 12.4. The average molecular weight is 314 g/mol. The van der Waals surface area contributed by atoms with Crippen LogP contribution in [0.1, 0.15) is 25.3 Å². The highest BCUT2D eigenvalue weighted by molar-refractivity contribution is 5.78. The molecule has 1 aliphatic rings. The lowest BCUT2D eigenvalue weighted by Gasteiger charge is -2.33. The van der Waals surface area contributed by atoms with Gasteiger partial charge in [0.05, 0.1) is 12.1 Å². The van der Waals surface area contributed by atoms with Gasteiger partial charge in [0.2, 0.25) is 5.91 Å². The molecule has 1 aliphatic heterocycles. The molecule has 3 rings (SSSR count). The minimum Gasteiger partial charge on any atom is -0.342 e. The third-order valence-corrected chi connectivity index (χ3v) is 4.54. The molecule has 1 fully saturated rings. The Bertz CT molecular complexity index is 629. The number of piperidine rings is 1. The normalized spacial score (nSPS) is 17.2. The monoisotopic (exact) mass is 314 g/mol. The van der Waals surface area contributed by atoms with Crippen molar-refractivity contribution in [2.24, 2.45) is 11.7 Å². The summed E-state index contributed by atoms with van der Waals surface area (Å²) >= 11 is 0. The van der Waals surface area contributed by atoms with Crippen molar-refractivity contribution in [3.05, 3.63) is 36.2 Å². The fraction of sp³-hybridized carbons (Fsp3) is 0.500. The van der Waals surface area contributed by atoms with Crippen molar-refractivity contribution < 1.29 is 4.79 Å². The third-order valence-electron chi connectivity index (χ3n) is 4.54. The SMILES string of the molecule is CC(N)C1CCN(C(=O)Cc2ccc(-n3cnnn3)cc2)CC1. The largest absolute Gasteiger partial charge is 0.342 e. The summed E-state index contributed by atoms with van der Waals surface area (Å²) in [5.74, 6) is 0.720. The van der Waals surface area contributed by atoms with E-state index >= 15 is 0 Å². The number of aromatic nitrogens is 4. The molecule has 122 valence electrons. The number of benzene rings is 1. The van der Waals surface area contributed by atoms with Gasteiger partial charge in [0.15, 0.2) is 0 Å². The molecule has 1 unspecified atom stereocenters. The van der Waals surface area contributed by atoms with Crippen LogP contribution in [0.3, 0.4) is 0 Å². The summed E-state index contributed by atoms with van der Waals surface area (Å²) in [6.45, 7) is 3.68. The Morgan fingerprint density at radius 3 is 2.57 bits per heavy atom. The lowest BCUT2D eigenvalue weighted by Crippen LogP contribution is -2.43. The first-order valence-electron chi connectivity index (χ1n) is 7.99. The molecule has 1 amide bonds. The second kappa shape index (κ2) is 6.87. The van der Waals surface area contributed by atoms with Gasteiger partial charge in [0.25, 0.3) is 0 Å². The molecule has 0 saturated carbocycles. The number of amides is 1. The Hall–Kier alpha value is -2.28.